The first-order chi connectivity index (χ1) is 20.6. The topological polar surface area (TPSA) is 45.3 Å². The number of nitrogens with zero attached hydrogens (tertiary/aromatic N) is 3. The van der Waals surface area contributed by atoms with Gasteiger partial charge >= 0.3 is 255 Å². The molecule has 0 atom stereocenters. The molecule has 2 aromatic rings. The Morgan fingerprint density at radius 2 is 1.24 bits per heavy atom. The monoisotopic (exact) mass is 725 g/mol. The van der Waals surface area contributed by atoms with E-state index < -0.39 is 92.6 Å². The number of carbonyl (C=O) groups is 1. The third kappa shape index (κ3) is 4.11. The molecular formula is C24H18Cl2F12N3O3P. The number of benzene rings is 2. The standard InChI is InChI=1S/C24H18Cl2F12N3O3P/c25-9-10-39-11-12-40-17-8-4-2-6-15(17)18(42)41(13-14-5-1-3-7-16(14)26)45(39,40)43-19(21(27,28)29,22(30,31)32)20(44-45,23(33,34)35)24(36,37)38/h1-8H,9-13H2. The van der Waals surface area contributed by atoms with Crippen LogP contribution in [0.4, 0.5) is 58.4 Å². The summed E-state index contributed by atoms with van der Waals surface area (Å²) in [5.74, 6) is -2.34. The van der Waals surface area contributed by atoms with E-state index in [4.69, 9.17) is 23.2 Å². The summed E-state index contributed by atoms with van der Waals surface area (Å²) >= 11 is 11.9. The molecule has 0 saturated carbocycles. The van der Waals surface area contributed by atoms with Gasteiger partial charge in [-0.15, -0.1) is 0 Å². The number of carbonyl (C=O) groups excluding carboxylic acids is 1. The van der Waals surface area contributed by atoms with Crippen LogP contribution in [-0.4, -0.2) is 76.7 Å². The Morgan fingerprint density at radius 3 is 1.73 bits per heavy atom. The van der Waals surface area contributed by atoms with Gasteiger partial charge in [0.15, 0.2) is 0 Å². The number of hydrogen-bond donors (Lipinski definition) is 0. The van der Waals surface area contributed by atoms with Crippen molar-refractivity contribution in [3.8, 4) is 0 Å². The van der Waals surface area contributed by atoms with E-state index in [-0.39, 0.29) is 15.3 Å². The molecule has 5 rings (SSSR count). The summed E-state index contributed by atoms with van der Waals surface area (Å²) < 4.78 is 189. The Morgan fingerprint density at radius 1 is 0.756 bits per heavy atom. The molecule has 0 aromatic heterocycles. The molecule has 0 radical (unpaired) electrons. The van der Waals surface area contributed by atoms with Crippen LogP contribution in [0.1, 0.15) is 15.9 Å². The van der Waals surface area contributed by atoms with E-state index in [1.165, 1.54) is 18.2 Å². The van der Waals surface area contributed by atoms with Crippen LogP contribution in [0.2, 0.25) is 5.02 Å². The van der Waals surface area contributed by atoms with E-state index >= 15 is 0 Å². The Hall–Kier alpha value is -2.24. The molecule has 45 heavy (non-hydrogen) atoms. The Kier molecular flexibility index (Phi) is 7.68. The van der Waals surface area contributed by atoms with Crippen molar-refractivity contribution < 1.29 is 66.5 Å². The first-order valence-electron chi connectivity index (χ1n) is 12.5. The molecule has 0 N–H and O–H groups in total. The zero-order valence-electron chi connectivity index (χ0n) is 22.0. The van der Waals surface area contributed by atoms with E-state index in [1.807, 2.05) is 0 Å². The Balaban J connectivity index is 2.04. The molecule has 0 unspecified atom stereocenters. The van der Waals surface area contributed by atoms with Crippen LogP contribution in [0.25, 0.3) is 0 Å². The molecule has 6 nitrogen and oxygen atoms in total. The van der Waals surface area contributed by atoms with Crippen molar-refractivity contribution >= 4 is 42.3 Å². The van der Waals surface area contributed by atoms with Gasteiger partial charge in [0, 0.05) is 0 Å². The second-order valence-electron chi connectivity index (χ2n) is 10.1. The fourth-order valence-corrected chi connectivity index (χ4v) is 12.4. The number of rotatable bonds is 4. The molecule has 250 valence electrons. The van der Waals surface area contributed by atoms with Crippen LogP contribution in [0.15, 0.2) is 48.5 Å². The van der Waals surface area contributed by atoms with Gasteiger partial charge in [0.25, 0.3) is 0 Å². The molecule has 1 spiro atoms. The molecule has 3 aliphatic rings. The quantitative estimate of drug-likeness (QED) is 0.181. The summed E-state index contributed by atoms with van der Waals surface area (Å²) in [6, 6.07) is 9.13. The fourth-order valence-electron chi connectivity index (χ4n) is 6.09. The summed E-state index contributed by atoms with van der Waals surface area (Å²) in [5, 5.41) is -0.287. The Bertz CT molecular complexity index is 1450. The van der Waals surface area contributed by atoms with Gasteiger partial charge in [-0.3, -0.25) is 0 Å². The van der Waals surface area contributed by atoms with E-state index in [2.05, 4.69) is 9.05 Å². The number of hydrogen-bond acceptors (Lipinski definition) is 5. The van der Waals surface area contributed by atoms with Crippen molar-refractivity contribution in [2.24, 2.45) is 0 Å². The summed E-state index contributed by atoms with van der Waals surface area (Å²) in [6.07, 6.45) is -30.0. The number of halogens is 14. The van der Waals surface area contributed by atoms with Gasteiger partial charge < -0.3 is 0 Å². The summed E-state index contributed by atoms with van der Waals surface area (Å²) in [5.41, 5.74) is -15.7. The third-order valence-electron chi connectivity index (χ3n) is 7.83. The number of fused-ring (bicyclic) bond motifs is 2. The van der Waals surface area contributed by atoms with Crippen LogP contribution in [0.5, 0.6) is 0 Å². The minimum absolute atomic E-state index is 0.0415. The van der Waals surface area contributed by atoms with E-state index in [1.54, 1.807) is 0 Å². The van der Waals surface area contributed by atoms with Gasteiger partial charge in [0.05, 0.1) is 0 Å². The van der Waals surface area contributed by atoms with E-state index in [0.29, 0.717) is 9.34 Å². The molecule has 0 bridgehead atoms. The zero-order valence-corrected chi connectivity index (χ0v) is 24.4. The van der Waals surface area contributed by atoms with Crippen LogP contribution < -0.4 is 4.67 Å². The predicted octanol–water partition coefficient (Wildman–Crippen LogP) is 8.26. The van der Waals surface area contributed by atoms with E-state index in [0.717, 1.165) is 30.3 Å². The van der Waals surface area contributed by atoms with Gasteiger partial charge in [-0.2, -0.15) is 0 Å². The number of anilines is 1. The molecular weight excluding hydrogens is 708 g/mol. The second-order valence-corrected chi connectivity index (χ2v) is 14.5. The molecule has 2 aromatic carbocycles. The normalized spacial score (nSPS) is 23.5. The number of para-hydroxylation sites is 1. The van der Waals surface area contributed by atoms with Crippen molar-refractivity contribution in [3.05, 3.63) is 64.7 Å². The SMILES string of the molecule is O=C1c2ccccc2N2CCN(CCCl)P23(OC(C(F)(F)F)(C(F)(F)F)C(C(F)(F)F)(C(F)(F)F)O3)N1Cc1ccccc1Cl. The van der Waals surface area contributed by atoms with Crippen molar-refractivity contribution in [1.82, 2.24) is 9.34 Å². The van der Waals surface area contributed by atoms with Crippen LogP contribution >= 0.6 is 30.7 Å². The first kappa shape index (κ1) is 34.1. The molecule has 2 fully saturated rings. The van der Waals surface area contributed by atoms with Gasteiger partial charge in [0.2, 0.25) is 0 Å². The van der Waals surface area contributed by atoms with Gasteiger partial charge in [0.1, 0.15) is 0 Å². The molecule has 1 amide bonds. The average Bonchev–Trinajstić information content (AvgIpc) is 3.41. The zero-order chi connectivity index (χ0) is 33.7. The van der Waals surface area contributed by atoms with Gasteiger partial charge in [-0.05, 0) is 0 Å². The van der Waals surface area contributed by atoms with E-state index in [9.17, 15) is 57.5 Å². The molecule has 0 aliphatic carbocycles. The van der Waals surface area contributed by atoms with Crippen molar-refractivity contribution in [2.75, 3.05) is 30.2 Å². The maximum absolute atomic E-state index is 14.9. The molecule has 2 saturated heterocycles. The van der Waals surface area contributed by atoms with Crippen molar-refractivity contribution in [3.63, 3.8) is 0 Å². The summed E-state index contributed by atoms with van der Waals surface area (Å²) in [6.45, 7) is -3.88. The minimum atomic E-state index is -7.50. The van der Waals surface area contributed by atoms with Gasteiger partial charge in [-0.25, -0.2) is 0 Å². The fraction of sp³-hybridized carbons (Fsp3) is 0.458. The van der Waals surface area contributed by atoms with Crippen molar-refractivity contribution in [1.29, 1.82) is 0 Å². The summed E-state index contributed by atoms with van der Waals surface area (Å²) in [7, 11) is -7.47. The molecule has 21 heteroatoms. The first-order valence-corrected chi connectivity index (χ1v) is 15.4. The van der Waals surface area contributed by atoms with Crippen molar-refractivity contribution in [2.45, 2.75) is 42.5 Å². The third-order valence-corrected chi connectivity index (χ3v) is 13.3. The Labute approximate surface area is 255 Å². The van der Waals surface area contributed by atoms with Gasteiger partial charge in [-0.1, -0.05) is 0 Å². The predicted molar refractivity (Wildman–Crippen MR) is 136 cm³/mol. The maximum atomic E-state index is 14.9. The van der Waals surface area contributed by atoms with Crippen LogP contribution in [-0.2, 0) is 15.6 Å². The average molecular weight is 726 g/mol. The summed E-state index contributed by atoms with van der Waals surface area (Å²) in [4.78, 5) is 14.1. The molecule has 3 aliphatic heterocycles. The second kappa shape index (κ2) is 10.1. The number of alkyl halides is 13. The molecule has 3 heterocycles. The van der Waals surface area contributed by atoms with Crippen LogP contribution in [0, 0.1) is 0 Å². The number of amides is 1. The van der Waals surface area contributed by atoms with Crippen LogP contribution in [0.3, 0.4) is 0 Å².